The summed E-state index contributed by atoms with van der Waals surface area (Å²) in [6.45, 7) is 1.37. The van der Waals surface area contributed by atoms with Gasteiger partial charge in [0, 0.05) is 20.1 Å². The number of hydrogen-bond donors (Lipinski definition) is 2. The van der Waals surface area contributed by atoms with E-state index in [0.717, 1.165) is 4.90 Å². The van der Waals surface area contributed by atoms with Crippen LogP contribution in [0.4, 0.5) is 10.5 Å². The summed E-state index contributed by atoms with van der Waals surface area (Å²) in [6, 6.07) is 6.87. The highest BCUT2D eigenvalue weighted by atomic mass is 16.5. The second kappa shape index (κ2) is 6.72. The van der Waals surface area contributed by atoms with E-state index in [1.807, 2.05) is 17.0 Å². The second-order valence-electron chi connectivity index (χ2n) is 6.40. The molecule has 0 saturated carbocycles. The number of likely N-dealkylation sites (tertiary alicyclic amines) is 1. The van der Waals surface area contributed by atoms with Crippen molar-refractivity contribution >= 4 is 23.5 Å². The Morgan fingerprint density at radius 3 is 2.56 bits per heavy atom. The van der Waals surface area contributed by atoms with Crippen LogP contribution in [0.25, 0.3) is 0 Å². The van der Waals surface area contributed by atoms with Gasteiger partial charge in [0.05, 0.1) is 19.3 Å². The van der Waals surface area contributed by atoms with Crippen LogP contribution in [0.2, 0.25) is 0 Å². The van der Waals surface area contributed by atoms with E-state index >= 15 is 0 Å². The van der Waals surface area contributed by atoms with Crippen molar-refractivity contribution in [3.05, 3.63) is 24.3 Å². The summed E-state index contributed by atoms with van der Waals surface area (Å²) >= 11 is 0. The second-order valence-corrected chi connectivity index (χ2v) is 6.40. The van der Waals surface area contributed by atoms with Crippen molar-refractivity contribution in [1.82, 2.24) is 15.1 Å². The summed E-state index contributed by atoms with van der Waals surface area (Å²) < 4.78 is 5.22. The first-order valence-electron chi connectivity index (χ1n) is 8.21. The Morgan fingerprint density at radius 2 is 1.96 bits per heavy atom. The molecule has 8 nitrogen and oxygen atoms in total. The van der Waals surface area contributed by atoms with E-state index in [1.54, 1.807) is 19.2 Å². The van der Waals surface area contributed by atoms with Gasteiger partial charge in [-0.15, -0.1) is 0 Å². The zero-order chi connectivity index (χ0) is 18.0. The smallest absolute Gasteiger partial charge is 0.324 e. The molecule has 0 bridgehead atoms. The minimum Gasteiger partial charge on any atom is -0.495 e. The van der Waals surface area contributed by atoms with Crippen LogP contribution in [0, 0.1) is 0 Å². The monoisotopic (exact) mass is 346 g/mol. The number of para-hydroxylation sites is 2. The number of carbonyl (C=O) groups excluding carboxylic acids is 3. The van der Waals surface area contributed by atoms with Gasteiger partial charge in [-0.2, -0.15) is 0 Å². The number of hydrogen-bond acceptors (Lipinski definition) is 5. The van der Waals surface area contributed by atoms with Gasteiger partial charge in [-0.1, -0.05) is 12.1 Å². The normalized spacial score (nSPS) is 19.8. The van der Waals surface area contributed by atoms with Crippen LogP contribution >= 0.6 is 0 Å². The Hall–Kier alpha value is -2.61. The van der Waals surface area contributed by atoms with Gasteiger partial charge in [0.2, 0.25) is 5.91 Å². The largest absolute Gasteiger partial charge is 0.495 e. The lowest BCUT2D eigenvalue weighted by Crippen LogP contribution is -2.55. The zero-order valence-corrected chi connectivity index (χ0v) is 14.4. The van der Waals surface area contributed by atoms with Crippen LogP contribution in [0.3, 0.4) is 0 Å². The molecular weight excluding hydrogens is 324 g/mol. The highest BCUT2D eigenvalue weighted by Gasteiger charge is 2.50. The molecule has 8 heteroatoms. The van der Waals surface area contributed by atoms with Crippen molar-refractivity contribution in [2.75, 3.05) is 39.1 Å². The first-order valence-corrected chi connectivity index (χ1v) is 8.21. The molecule has 2 fully saturated rings. The predicted molar refractivity (Wildman–Crippen MR) is 91.3 cm³/mol. The van der Waals surface area contributed by atoms with Crippen molar-refractivity contribution in [2.45, 2.75) is 18.4 Å². The van der Waals surface area contributed by atoms with Crippen molar-refractivity contribution in [2.24, 2.45) is 0 Å². The van der Waals surface area contributed by atoms with Crippen LogP contribution in [-0.2, 0) is 9.59 Å². The maximum absolute atomic E-state index is 12.3. The van der Waals surface area contributed by atoms with Crippen molar-refractivity contribution < 1.29 is 19.1 Å². The van der Waals surface area contributed by atoms with Crippen LogP contribution < -0.4 is 15.4 Å². The number of imide groups is 1. The number of nitrogens with one attached hydrogen (secondary N) is 2. The number of nitrogens with zero attached hydrogens (tertiary/aromatic N) is 2. The van der Waals surface area contributed by atoms with Gasteiger partial charge < -0.3 is 15.4 Å². The highest BCUT2D eigenvalue weighted by Crippen LogP contribution is 2.29. The predicted octanol–water partition coefficient (Wildman–Crippen LogP) is 0.650. The van der Waals surface area contributed by atoms with Crippen molar-refractivity contribution in [3.63, 3.8) is 0 Å². The SMILES string of the molecule is COc1ccccc1NC(=O)CN1CCC2(CC1)NC(=O)N(C)C2=O. The number of likely N-dealkylation sites (N-methyl/N-ethyl adjacent to an activating group) is 1. The average Bonchev–Trinajstić information content (AvgIpc) is 2.81. The van der Waals surface area contributed by atoms with Gasteiger partial charge in [-0.05, 0) is 25.0 Å². The molecule has 1 aromatic rings. The molecule has 2 aliphatic rings. The third kappa shape index (κ3) is 3.30. The minimum absolute atomic E-state index is 0.139. The standard InChI is InChI=1S/C17H22N4O4/c1-20-15(23)17(19-16(20)24)7-9-21(10-8-17)11-14(22)18-12-5-3-4-6-13(12)25-2/h3-6H,7-11H2,1-2H3,(H,18,22)(H,19,24). The number of benzene rings is 1. The summed E-state index contributed by atoms with van der Waals surface area (Å²) in [5, 5.41) is 5.63. The molecule has 1 aromatic carbocycles. The lowest BCUT2D eigenvalue weighted by Gasteiger charge is -2.36. The molecule has 0 atom stereocenters. The number of ether oxygens (including phenoxy) is 1. The Kier molecular flexibility index (Phi) is 4.63. The maximum Gasteiger partial charge on any atom is 0.324 e. The van der Waals surface area contributed by atoms with E-state index in [1.165, 1.54) is 7.05 Å². The van der Waals surface area contributed by atoms with Crippen LogP contribution in [0.5, 0.6) is 5.75 Å². The molecule has 1 spiro atoms. The van der Waals surface area contributed by atoms with Gasteiger partial charge >= 0.3 is 6.03 Å². The Labute approximate surface area is 146 Å². The van der Waals surface area contributed by atoms with Gasteiger partial charge in [0.25, 0.3) is 5.91 Å². The topological polar surface area (TPSA) is 91.0 Å². The maximum atomic E-state index is 12.3. The summed E-state index contributed by atoms with van der Waals surface area (Å²) in [7, 11) is 3.04. The molecule has 4 amide bonds. The van der Waals surface area contributed by atoms with E-state index in [0.29, 0.717) is 37.4 Å². The number of urea groups is 1. The summed E-state index contributed by atoms with van der Waals surface area (Å²) in [4.78, 5) is 39.3. The third-order valence-corrected chi connectivity index (χ3v) is 4.82. The molecule has 25 heavy (non-hydrogen) atoms. The van der Waals surface area contributed by atoms with E-state index in [-0.39, 0.29) is 24.4 Å². The van der Waals surface area contributed by atoms with E-state index < -0.39 is 5.54 Å². The molecule has 0 radical (unpaired) electrons. The fourth-order valence-corrected chi connectivity index (χ4v) is 3.33. The number of rotatable bonds is 4. The summed E-state index contributed by atoms with van der Waals surface area (Å²) in [5.74, 6) is 0.283. The summed E-state index contributed by atoms with van der Waals surface area (Å²) in [5.41, 5.74) is -0.176. The molecule has 2 aliphatic heterocycles. The molecule has 0 unspecified atom stereocenters. The molecule has 3 rings (SSSR count). The number of piperidine rings is 1. The Bertz CT molecular complexity index is 698. The lowest BCUT2D eigenvalue weighted by molar-refractivity contribution is -0.132. The number of methoxy groups -OCH3 is 1. The molecule has 2 heterocycles. The molecule has 0 aromatic heterocycles. The fraction of sp³-hybridized carbons (Fsp3) is 0.471. The third-order valence-electron chi connectivity index (χ3n) is 4.82. The quantitative estimate of drug-likeness (QED) is 0.781. The van der Waals surface area contributed by atoms with E-state index in [4.69, 9.17) is 4.74 Å². The lowest BCUT2D eigenvalue weighted by atomic mass is 9.87. The van der Waals surface area contributed by atoms with Crippen LogP contribution in [0.15, 0.2) is 24.3 Å². The van der Waals surface area contributed by atoms with Crippen LogP contribution in [-0.4, -0.2) is 67.0 Å². The Balaban J connectivity index is 1.55. The molecule has 134 valence electrons. The van der Waals surface area contributed by atoms with Crippen molar-refractivity contribution in [3.8, 4) is 5.75 Å². The summed E-state index contributed by atoms with van der Waals surface area (Å²) in [6.07, 6.45) is 1.01. The number of carbonyl (C=O) groups is 3. The molecular formula is C17H22N4O4. The molecule has 2 saturated heterocycles. The number of anilines is 1. The Morgan fingerprint density at radius 1 is 1.28 bits per heavy atom. The van der Waals surface area contributed by atoms with Gasteiger partial charge in [0.15, 0.2) is 0 Å². The first-order chi connectivity index (χ1) is 11.9. The molecule has 2 N–H and O–H groups in total. The van der Waals surface area contributed by atoms with Gasteiger partial charge in [0.1, 0.15) is 11.3 Å². The first kappa shape index (κ1) is 17.2. The minimum atomic E-state index is -0.804. The molecule has 0 aliphatic carbocycles. The van der Waals surface area contributed by atoms with E-state index in [2.05, 4.69) is 10.6 Å². The van der Waals surface area contributed by atoms with E-state index in [9.17, 15) is 14.4 Å². The number of amides is 4. The van der Waals surface area contributed by atoms with Gasteiger partial charge in [-0.3, -0.25) is 19.4 Å². The fourth-order valence-electron chi connectivity index (χ4n) is 3.33. The van der Waals surface area contributed by atoms with Crippen molar-refractivity contribution in [1.29, 1.82) is 0 Å². The average molecular weight is 346 g/mol. The van der Waals surface area contributed by atoms with Crippen LogP contribution in [0.1, 0.15) is 12.8 Å². The highest BCUT2D eigenvalue weighted by molar-refractivity contribution is 6.06. The zero-order valence-electron chi connectivity index (χ0n) is 14.4. The van der Waals surface area contributed by atoms with Gasteiger partial charge in [-0.25, -0.2) is 4.79 Å².